The Morgan fingerprint density at radius 1 is 1.00 bits per heavy atom. The van der Waals surface area contributed by atoms with Crippen LogP contribution in [-0.4, -0.2) is 5.91 Å². The normalized spacial score (nSPS) is 10.3. The average molecular weight is 274 g/mol. The Morgan fingerprint density at radius 2 is 1.74 bits per heavy atom. The van der Waals surface area contributed by atoms with Crippen molar-refractivity contribution < 1.29 is 4.79 Å². The SMILES string of the molecule is Cc1ccc(NC(=O)c2ccc(C)c(Cl)c2)c(C)c1. The summed E-state index contributed by atoms with van der Waals surface area (Å²) >= 11 is 6.03. The van der Waals surface area contributed by atoms with Crippen molar-refractivity contribution in [2.75, 3.05) is 5.32 Å². The van der Waals surface area contributed by atoms with E-state index in [0.717, 1.165) is 16.8 Å². The molecule has 0 aromatic heterocycles. The van der Waals surface area contributed by atoms with Crippen LogP contribution in [0.4, 0.5) is 5.69 Å². The molecule has 0 atom stereocenters. The minimum atomic E-state index is -0.145. The molecule has 3 heteroatoms. The van der Waals surface area contributed by atoms with Gasteiger partial charge in [0.25, 0.3) is 5.91 Å². The number of carbonyl (C=O) groups is 1. The van der Waals surface area contributed by atoms with Crippen LogP contribution >= 0.6 is 11.6 Å². The van der Waals surface area contributed by atoms with Gasteiger partial charge < -0.3 is 5.32 Å². The highest BCUT2D eigenvalue weighted by molar-refractivity contribution is 6.31. The van der Waals surface area contributed by atoms with Gasteiger partial charge in [-0.25, -0.2) is 0 Å². The molecule has 2 rings (SSSR count). The Balaban J connectivity index is 2.23. The molecule has 0 heterocycles. The lowest BCUT2D eigenvalue weighted by Crippen LogP contribution is -2.12. The predicted molar refractivity (Wildman–Crippen MR) is 80.1 cm³/mol. The molecule has 0 saturated heterocycles. The summed E-state index contributed by atoms with van der Waals surface area (Å²) in [5.41, 5.74) is 4.58. The monoisotopic (exact) mass is 273 g/mol. The van der Waals surface area contributed by atoms with E-state index >= 15 is 0 Å². The number of rotatable bonds is 2. The van der Waals surface area contributed by atoms with Crippen LogP contribution in [0.3, 0.4) is 0 Å². The van der Waals surface area contributed by atoms with Gasteiger partial charge in [-0.05, 0) is 50.1 Å². The number of hydrogen-bond acceptors (Lipinski definition) is 1. The van der Waals surface area contributed by atoms with Gasteiger partial charge in [-0.1, -0.05) is 35.4 Å². The molecule has 1 N–H and O–H groups in total. The van der Waals surface area contributed by atoms with Crippen LogP contribution in [0.5, 0.6) is 0 Å². The van der Waals surface area contributed by atoms with E-state index in [-0.39, 0.29) is 5.91 Å². The third kappa shape index (κ3) is 3.15. The number of aryl methyl sites for hydroxylation is 3. The van der Waals surface area contributed by atoms with Crippen molar-refractivity contribution in [1.82, 2.24) is 0 Å². The molecule has 19 heavy (non-hydrogen) atoms. The van der Waals surface area contributed by atoms with E-state index in [1.807, 2.05) is 45.0 Å². The first kappa shape index (κ1) is 13.6. The molecule has 0 fully saturated rings. The first-order chi connectivity index (χ1) is 8.97. The first-order valence-corrected chi connectivity index (χ1v) is 6.50. The second kappa shape index (κ2) is 5.45. The molecule has 0 spiro atoms. The minimum Gasteiger partial charge on any atom is -0.322 e. The van der Waals surface area contributed by atoms with Crippen molar-refractivity contribution in [3.63, 3.8) is 0 Å². The third-order valence-electron chi connectivity index (χ3n) is 3.06. The topological polar surface area (TPSA) is 29.1 Å². The van der Waals surface area contributed by atoms with Gasteiger partial charge in [-0.3, -0.25) is 4.79 Å². The number of nitrogens with one attached hydrogen (secondary N) is 1. The van der Waals surface area contributed by atoms with Crippen molar-refractivity contribution in [3.8, 4) is 0 Å². The average Bonchev–Trinajstić information content (AvgIpc) is 2.36. The van der Waals surface area contributed by atoms with Gasteiger partial charge in [0.15, 0.2) is 0 Å². The Morgan fingerprint density at radius 3 is 2.37 bits per heavy atom. The van der Waals surface area contributed by atoms with Crippen LogP contribution in [0.25, 0.3) is 0 Å². The Hall–Kier alpha value is -1.80. The second-order valence-electron chi connectivity index (χ2n) is 4.74. The quantitative estimate of drug-likeness (QED) is 0.856. The molecule has 0 unspecified atom stereocenters. The van der Waals surface area contributed by atoms with Crippen molar-refractivity contribution in [1.29, 1.82) is 0 Å². The molecule has 0 aliphatic rings. The fourth-order valence-corrected chi connectivity index (χ4v) is 2.06. The minimum absolute atomic E-state index is 0.145. The maximum Gasteiger partial charge on any atom is 0.255 e. The zero-order chi connectivity index (χ0) is 14.0. The van der Waals surface area contributed by atoms with E-state index < -0.39 is 0 Å². The Bertz CT molecular complexity index is 635. The molecule has 98 valence electrons. The van der Waals surface area contributed by atoms with Crippen LogP contribution in [0.15, 0.2) is 36.4 Å². The molecule has 0 aliphatic heterocycles. The van der Waals surface area contributed by atoms with E-state index in [0.29, 0.717) is 10.6 Å². The molecule has 0 radical (unpaired) electrons. The molecule has 0 saturated carbocycles. The second-order valence-corrected chi connectivity index (χ2v) is 5.14. The van der Waals surface area contributed by atoms with E-state index in [1.165, 1.54) is 5.56 Å². The number of amides is 1. The highest BCUT2D eigenvalue weighted by Gasteiger charge is 2.09. The van der Waals surface area contributed by atoms with E-state index in [9.17, 15) is 4.79 Å². The van der Waals surface area contributed by atoms with Crippen molar-refractivity contribution >= 4 is 23.2 Å². The summed E-state index contributed by atoms with van der Waals surface area (Å²) in [5, 5.41) is 3.51. The van der Waals surface area contributed by atoms with Gasteiger partial charge in [-0.2, -0.15) is 0 Å². The summed E-state index contributed by atoms with van der Waals surface area (Å²) in [5.74, 6) is -0.145. The zero-order valence-electron chi connectivity index (χ0n) is 11.3. The fraction of sp³-hybridized carbons (Fsp3) is 0.188. The van der Waals surface area contributed by atoms with E-state index in [2.05, 4.69) is 5.32 Å². The molecule has 2 aromatic carbocycles. The number of halogens is 1. The third-order valence-corrected chi connectivity index (χ3v) is 3.47. The van der Waals surface area contributed by atoms with Crippen molar-refractivity contribution in [2.24, 2.45) is 0 Å². The summed E-state index contributed by atoms with van der Waals surface area (Å²) in [6, 6.07) is 11.2. The van der Waals surface area contributed by atoms with Crippen LogP contribution in [-0.2, 0) is 0 Å². The lowest BCUT2D eigenvalue weighted by Gasteiger charge is -2.09. The maximum atomic E-state index is 12.1. The van der Waals surface area contributed by atoms with Crippen LogP contribution in [0.1, 0.15) is 27.0 Å². The molecule has 2 nitrogen and oxygen atoms in total. The van der Waals surface area contributed by atoms with Gasteiger partial charge in [0.2, 0.25) is 0 Å². The number of anilines is 1. The summed E-state index contributed by atoms with van der Waals surface area (Å²) in [6.45, 7) is 5.91. The maximum absolute atomic E-state index is 12.1. The number of hydrogen-bond donors (Lipinski definition) is 1. The predicted octanol–water partition coefficient (Wildman–Crippen LogP) is 4.52. The van der Waals surface area contributed by atoms with Gasteiger partial charge in [0.1, 0.15) is 0 Å². The molecule has 0 aliphatic carbocycles. The lowest BCUT2D eigenvalue weighted by atomic mass is 10.1. The van der Waals surface area contributed by atoms with Gasteiger partial charge in [0, 0.05) is 16.3 Å². The molecular formula is C16H16ClNO. The van der Waals surface area contributed by atoms with E-state index in [1.54, 1.807) is 12.1 Å². The van der Waals surface area contributed by atoms with Crippen LogP contribution < -0.4 is 5.32 Å². The zero-order valence-corrected chi connectivity index (χ0v) is 12.0. The molecule has 0 bridgehead atoms. The van der Waals surface area contributed by atoms with E-state index in [4.69, 9.17) is 11.6 Å². The van der Waals surface area contributed by atoms with Gasteiger partial charge >= 0.3 is 0 Å². The largest absolute Gasteiger partial charge is 0.322 e. The standard InChI is InChI=1S/C16H16ClNO/c1-10-4-7-15(12(3)8-10)18-16(19)13-6-5-11(2)14(17)9-13/h4-9H,1-3H3,(H,18,19). The fourth-order valence-electron chi connectivity index (χ4n) is 1.88. The smallest absolute Gasteiger partial charge is 0.255 e. The van der Waals surface area contributed by atoms with Crippen molar-refractivity contribution in [2.45, 2.75) is 20.8 Å². The highest BCUT2D eigenvalue weighted by atomic mass is 35.5. The van der Waals surface area contributed by atoms with Crippen LogP contribution in [0, 0.1) is 20.8 Å². The Labute approximate surface area is 118 Å². The molecular weight excluding hydrogens is 258 g/mol. The van der Waals surface area contributed by atoms with Gasteiger partial charge in [0.05, 0.1) is 0 Å². The first-order valence-electron chi connectivity index (χ1n) is 6.12. The molecule has 1 amide bonds. The highest BCUT2D eigenvalue weighted by Crippen LogP contribution is 2.20. The van der Waals surface area contributed by atoms with Crippen molar-refractivity contribution in [3.05, 3.63) is 63.7 Å². The lowest BCUT2D eigenvalue weighted by molar-refractivity contribution is 0.102. The molecule has 2 aromatic rings. The summed E-state index contributed by atoms with van der Waals surface area (Å²) < 4.78 is 0. The Kier molecular flexibility index (Phi) is 3.91. The van der Waals surface area contributed by atoms with Gasteiger partial charge in [-0.15, -0.1) is 0 Å². The summed E-state index contributed by atoms with van der Waals surface area (Å²) in [4.78, 5) is 12.1. The number of benzene rings is 2. The summed E-state index contributed by atoms with van der Waals surface area (Å²) in [6.07, 6.45) is 0. The van der Waals surface area contributed by atoms with Crippen LogP contribution in [0.2, 0.25) is 5.02 Å². The number of carbonyl (C=O) groups excluding carboxylic acids is 1. The summed E-state index contributed by atoms with van der Waals surface area (Å²) in [7, 11) is 0.